The molecule has 0 amide bonds. The van der Waals surface area contributed by atoms with E-state index in [0.29, 0.717) is 0 Å². The monoisotopic (exact) mass is 1480 g/mol. The minimum Gasteiger partial charge on any atom is -0.323 e. The predicted molar refractivity (Wildman–Crippen MR) is 438 cm³/mol. The van der Waals surface area contributed by atoms with E-state index >= 15 is 0 Å². The summed E-state index contributed by atoms with van der Waals surface area (Å²) in [6.45, 7) is 17.1. The second kappa shape index (κ2) is 39.6. The molecule has 15 heterocycles. The Kier molecular flexibility index (Phi) is 27.6. The van der Waals surface area contributed by atoms with Gasteiger partial charge in [-0.1, -0.05) is 141 Å². The molecule has 564 valence electrons. The molecule has 24 heteroatoms. The molecule has 2 aromatic carbocycles. The van der Waals surface area contributed by atoms with E-state index < -0.39 is 0 Å². The zero-order chi connectivity index (χ0) is 76.8. The Balaban J connectivity index is 0.000000134. The predicted octanol–water partition coefficient (Wildman–Crippen LogP) is 18.5. The van der Waals surface area contributed by atoms with E-state index in [1.807, 2.05) is 173 Å². The lowest BCUT2D eigenvalue weighted by molar-refractivity contribution is 0.565. The van der Waals surface area contributed by atoms with Crippen LogP contribution in [0.4, 0.5) is 0 Å². The summed E-state index contributed by atoms with van der Waals surface area (Å²) in [5.41, 5.74) is 9.99. The summed E-state index contributed by atoms with van der Waals surface area (Å²) in [7, 11) is 0. The third-order valence-corrected chi connectivity index (χ3v) is 18.0. The molecule has 17 aromatic rings. The summed E-state index contributed by atoms with van der Waals surface area (Å²) in [6, 6.07) is 59.9. The van der Waals surface area contributed by atoms with Gasteiger partial charge in [-0.15, -0.1) is 0 Å². The molecule has 111 heavy (non-hydrogen) atoms. The Morgan fingerprint density at radius 3 is 1.06 bits per heavy atom. The van der Waals surface area contributed by atoms with Crippen LogP contribution in [0.25, 0.3) is 85.8 Å². The Labute approximate surface area is 647 Å². The average molecular weight is 1480 g/mol. The first-order chi connectivity index (χ1) is 54.5. The van der Waals surface area contributed by atoms with Crippen LogP contribution < -0.4 is 0 Å². The van der Waals surface area contributed by atoms with Gasteiger partial charge in [0.15, 0.2) is 52.4 Å². The van der Waals surface area contributed by atoms with Crippen LogP contribution in [0.5, 0.6) is 0 Å². The minimum absolute atomic E-state index is 0.144. The standard InChI is InChI=1S/C35H45N5.C12H11N5.C12H15N3.C11H9N5.C9H9N3.C8H7N3/c1-3-5-7-9-11-17-26-39-32-24-15-13-20-28(32)37-34(39)30-22-19-23-31(36-30)35-38-29-21-14-16-25-33(29)40(35)27-18-12-10-8-6-4-2;1-10-8-11(16-6-2-4-13-16)15-12(9-10)17-7-3-5-14-17;1-12(2,3)10-5-7-13-11(9-10)15-8-4-6-14-15;1-4-10(15-8-2-6-12-15)14-11(5-1)16-9-3-7-13-16;1-8-3-5-10-9(7-8)12-6-2-4-11-12;1-2-5-9-8(4-1)11-7-3-6-10-11/h13-16,19-25H,3-12,17-18,26-27H2,1-2H3;2-9H,1H3;4-9H,1-3H3;1-9H;2-7H,1H3;1-7H. The Bertz CT molecular complexity index is 5250. The summed E-state index contributed by atoms with van der Waals surface area (Å²) < 4.78 is 16.9. The van der Waals surface area contributed by atoms with Crippen molar-refractivity contribution in [2.24, 2.45) is 0 Å². The fraction of sp³-hybridized carbons (Fsp3) is 0.253. The van der Waals surface area contributed by atoms with Crippen LogP contribution in [0, 0.1) is 13.8 Å². The fourth-order valence-corrected chi connectivity index (χ4v) is 12.3. The smallest absolute Gasteiger partial charge is 0.159 e. The average Bonchev–Trinajstić information content (AvgIpc) is 1.62. The molecule has 0 saturated carbocycles. The van der Waals surface area contributed by atoms with Crippen molar-refractivity contribution in [3.63, 3.8) is 0 Å². The molecule has 0 N–H and O–H groups in total. The number of para-hydroxylation sites is 4. The van der Waals surface area contributed by atoms with Crippen LogP contribution in [0.1, 0.15) is 128 Å². The van der Waals surface area contributed by atoms with Crippen molar-refractivity contribution in [2.75, 3.05) is 0 Å². The summed E-state index contributed by atoms with van der Waals surface area (Å²) in [4.78, 5) is 36.9. The molecule has 0 fully saturated rings. The number of pyridine rings is 6. The van der Waals surface area contributed by atoms with E-state index in [4.69, 9.17) is 15.0 Å². The zero-order valence-corrected chi connectivity index (χ0v) is 64.3. The molecular formula is C87H96N24. The second-order valence-electron chi connectivity index (χ2n) is 27.5. The van der Waals surface area contributed by atoms with E-state index in [1.54, 1.807) is 88.5 Å². The van der Waals surface area contributed by atoms with Crippen molar-refractivity contribution in [3.05, 3.63) is 304 Å². The third kappa shape index (κ3) is 21.8. The number of benzene rings is 2. The van der Waals surface area contributed by atoms with Gasteiger partial charge in [0.1, 0.15) is 11.4 Å². The SMILES string of the molecule is CC(C)(C)c1ccnc(-n2cccn2)c1.CCCCCCCCn1c(-c2cccc(-c3nc4ccccc4n3CCCCCCCC)n2)nc2ccccc21.Cc1cc(-n2cccn2)nc(-n2cccn2)c1.Cc1ccnc(-n2cccn2)c1.c1cc(-n2cccn2)nc(-n2cccn2)c1.c1ccc(-n2cccn2)nc1. The number of hydrogen-bond acceptors (Lipinski definition) is 15. The van der Waals surface area contributed by atoms with Crippen LogP contribution in [0.15, 0.2) is 287 Å². The van der Waals surface area contributed by atoms with Crippen molar-refractivity contribution in [1.82, 2.24) is 117 Å². The van der Waals surface area contributed by atoms with Crippen LogP contribution >= 0.6 is 0 Å². The van der Waals surface area contributed by atoms with E-state index in [1.165, 1.54) is 86.4 Å². The summed E-state index contributed by atoms with van der Waals surface area (Å²) in [6.07, 6.45) is 45.9. The highest BCUT2D eigenvalue weighted by atomic mass is 15.4. The highest BCUT2D eigenvalue weighted by molar-refractivity contribution is 5.82. The van der Waals surface area contributed by atoms with Crippen molar-refractivity contribution in [3.8, 4) is 63.8 Å². The lowest BCUT2D eigenvalue weighted by Crippen LogP contribution is -2.12. The first-order valence-corrected chi connectivity index (χ1v) is 38.1. The zero-order valence-electron chi connectivity index (χ0n) is 64.3. The third-order valence-electron chi connectivity index (χ3n) is 18.0. The van der Waals surface area contributed by atoms with Gasteiger partial charge in [-0.2, -0.15) is 35.7 Å². The first-order valence-electron chi connectivity index (χ1n) is 38.1. The summed E-state index contributed by atoms with van der Waals surface area (Å²) in [5.74, 6) is 7.62. The van der Waals surface area contributed by atoms with E-state index in [-0.39, 0.29) is 5.41 Å². The summed E-state index contributed by atoms with van der Waals surface area (Å²) in [5, 5.41) is 28.9. The van der Waals surface area contributed by atoms with Crippen LogP contribution in [-0.4, -0.2) is 117 Å². The highest BCUT2D eigenvalue weighted by Gasteiger charge is 2.19. The maximum absolute atomic E-state index is 5.20. The Hall–Kier alpha value is -13.3. The van der Waals surface area contributed by atoms with Crippen LogP contribution in [-0.2, 0) is 18.5 Å². The van der Waals surface area contributed by atoms with Crippen molar-refractivity contribution in [2.45, 2.75) is 144 Å². The molecular weight excluding hydrogens is 1380 g/mol. The molecule has 0 aliphatic heterocycles. The van der Waals surface area contributed by atoms with E-state index in [9.17, 15) is 0 Å². The number of unbranched alkanes of at least 4 members (excludes halogenated alkanes) is 10. The molecule has 0 radical (unpaired) electrons. The first kappa shape index (κ1) is 77.4. The Morgan fingerprint density at radius 1 is 0.279 bits per heavy atom. The number of nitrogens with zero attached hydrogens (tertiary/aromatic N) is 24. The number of aryl methyl sites for hydroxylation is 4. The minimum atomic E-state index is 0.144. The second-order valence-corrected chi connectivity index (χ2v) is 27.5. The molecule has 15 aromatic heterocycles. The molecule has 0 atom stereocenters. The van der Waals surface area contributed by atoms with Gasteiger partial charge in [0, 0.05) is 118 Å². The molecule has 0 bridgehead atoms. The van der Waals surface area contributed by atoms with Gasteiger partial charge in [-0.3, -0.25) is 0 Å². The summed E-state index contributed by atoms with van der Waals surface area (Å²) >= 11 is 0. The molecule has 0 aliphatic rings. The number of rotatable bonds is 23. The molecule has 0 saturated heterocycles. The largest absolute Gasteiger partial charge is 0.323 e. The lowest BCUT2D eigenvalue weighted by Gasteiger charge is -2.19. The number of imidazole rings is 2. The van der Waals surface area contributed by atoms with Gasteiger partial charge in [0.05, 0.1) is 22.1 Å². The highest BCUT2D eigenvalue weighted by Crippen LogP contribution is 2.30. The normalized spacial score (nSPS) is 11.0. The maximum atomic E-state index is 5.20. The molecule has 0 spiro atoms. The van der Waals surface area contributed by atoms with Gasteiger partial charge in [-0.05, 0) is 188 Å². The van der Waals surface area contributed by atoms with E-state index in [2.05, 4.69) is 177 Å². The molecule has 17 rings (SSSR count). The lowest BCUT2D eigenvalue weighted by atomic mass is 9.88. The maximum Gasteiger partial charge on any atom is 0.159 e. The molecule has 0 unspecified atom stereocenters. The Morgan fingerprint density at radius 2 is 0.640 bits per heavy atom. The van der Waals surface area contributed by atoms with Gasteiger partial charge >= 0.3 is 0 Å². The van der Waals surface area contributed by atoms with Crippen molar-refractivity contribution in [1.29, 1.82) is 0 Å². The van der Waals surface area contributed by atoms with Crippen molar-refractivity contribution < 1.29 is 0 Å². The molecule has 24 nitrogen and oxygen atoms in total. The molecule has 0 aliphatic carbocycles. The van der Waals surface area contributed by atoms with Gasteiger partial charge < -0.3 is 9.13 Å². The fourth-order valence-electron chi connectivity index (χ4n) is 12.3. The van der Waals surface area contributed by atoms with Gasteiger partial charge in [-0.25, -0.2) is 72.6 Å². The van der Waals surface area contributed by atoms with Crippen LogP contribution in [0.2, 0.25) is 0 Å². The topological polar surface area (TPSA) is 238 Å². The van der Waals surface area contributed by atoms with E-state index in [0.717, 1.165) is 106 Å². The number of hydrogen-bond donors (Lipinski definition) is 0. The quantitative estimate of drug-likeness (QED) is 0.0541. The van der Waals surface area contributed by atoms with Gasteiger partial charge in [0.2, 0.25) is 0 Å². The number of aromatic nitrogens is 24. The van der Waals surface area contributed by atoms with Gasteiger partial charge in [0.25, 0.3) is 0 Å². The van der Waals surface area contributed by atoms with Crippen molar-refractivity contribution >= 4 is 22.1 Å². The van der Waals surface area contributed by atoms with Crippen LogP contribution in [0.3, 0.4) is 0 Å². The number of fused-ring (bicyclic) bond motifs is 2.